The Balaban J connectivity index is 1.68. The smallest absolute Gasteiger partial charge is 0.407 e. The highest BCUT2D eigenvalue weighted by atomic mass is 35.5. The number of benzene rings is 1. The number of aromatic nitrogens is 4. The number of carbonyl (C=O) groups excluding carboxylic acids is 1. The number of hydrogen-bond acceptors (Lipinski definition) is 11. The van der Waals surface area contributed by atoms with Crippen LogP contribution in [0.1, 0.15) is 58.0 Å². The lowest BCUT2D eigenvalue weighted by Gasteiger charge is -2.36. The summed E-state index contributed by atoms with van der Waals surface area (Å²) in [5.74, 6) is 0.335. The van der Waals surface area contributed by atoms with E-state index in [0.29, 0.717) is 37.3 Å². The molecule has 3 heterocycles. The molecule has 2 aromatic heterocycles. The van der Waals surface area contributed by atoms with Crippen LogP contribution < -0.4 is 32.7 Å². The SMILES string of the molecule is C[C@H](Nc1nc(N)nc(N)c1C#N)c1nc2cccc(Cl)c2c(=O)n1N1CCC(NC(=O)OC(C)(C)C)CC1. The normalized spacial score (nSPS) is 15.0. The number of halogens is 1. The summed E-state index contributed by atoms with van der Waals surface area (Å²) in [5, 5.41) is 18.0. The second-order valence-electron chi connectivity index (χ2n) is 10.3. The number of nitrogen functional groups attached to an aromatic ring is 2. The maximum Gasteiger partial charge on any atom is 0.407 e. The number of piperidine rings is 1. The van der Waals surface area contributed by atoms with Crippen LogP contribution in [0.2, 0.25) is 5.02 Å². The van der Waals surface area contributed by atoms with Crippen LogP contribution in [0.4, 0.5) is 22.4 Å². The molecule has 1 saturated heterocycles. The first-order valence-electron chi connectivity index (χ1n) is 12.4. The van der Waals surface area contributed by atoms with Gasteiger partial charge in [-0.2, -0.15) is 15.2 Å². The quantitative estimate of drug-likeness (QED) is 0.362. The molecular weight excluding hydrogens is 524 g/mol. The highest BCUT2D eigenvalue weighted by Crippen LogP contribution is 2.26. The molecule has 3 aromatic rings. The first-order valence-corrected chi connectivity index (χ1v) is 12.8. The van der Waals surface area contributed by atoms with Crippen LogP contribution in [0.3, 0.4) is 0 Å². The highest BCUT2D eigenvalue weighted by molar-refractivity contribution is 6.35. The van der Waals surface area contributed by atoms with Crippen molar-refractivity contribution in [2.75, 3.05) is 34.9 Å². The third-order valence-corrected chi connectivity index (χ3v) is 6.45. The van der Waals surface area contributed by atoms with Gasteiger partial charge in [-0.15, -0.1) is 0 Å². The number of ether oxygens (including phenoxy) is 1. The van der Waals surface area contributed by atoms with Crippen molar-refractivity contribution >= 4 is 46.2 Å². The summed E-state index contributed by atoms with van der Waals surface area (Å²) in [4.78, 5) is 38.8. The van der Waals surface area contributed by atoms with Crippen molar-refractivity contribution in [1.82, 2.24) is 24.9 Å². The number of rotatable bonds is 5. The number of nitrogens with one attached hydrogen (secondary N) is 2. The van der Waals surface area contributed by atoms with Gasteiger partial charge in [0.05, 0.1) is 22.0 Å². The maximum atomic E-state index is 13.8. The molecule has 1 atom stereocenters. The second kappa shape index (κ2) is 10.8. The van der Waals surface area contributed by atoms with Gasteiger partial charge in [0.1, 0.15) is 23.1 Å². The predicted molar refractivity (Wildman–Crippen MR) is 149 cm³/mol. The van der Waals surface area contributed by atoms with Crippen LogP contribution in [0.25, 0.3) is 10.9 Å². The summed E-state index contributed by atoms with van der Waals surface area (Å²) in [6, 6.07) is 6.32. The van der Waals surface area contributed by atoms with Gasteiger partial charge in [0, 0.05) is 19.1 Å². The van der Waals surface area contributed by atoms with Gasteiger partial charge < -0.3 is 31.8 Å². The molecule has 0 unspecified atom stereocenters. The number of carbonyl (C=O) groups is 1. The zero-order valence-electron chi connectivity index (χ0n) is 22.2. The van der Waals surface area contributed by atoms with Crippen molar-refractivity contribution in [2.45, 2.75) is 58.2 Å². The van der Waals surface area contributed by atoms with Gasteiger partial charge >= 0.3 is 6.09 Å². The van der Waals surface area contributed by atoms with Crippen molar-refractivity contribution in [3.05, 3.63) is 45.0 Å². The molecule has 1 amide bonds. The molecule has 39 heavy (non-hydrogen) atoms. The number of nitrogens with zero attached hydrogens (tertiary/aromatic N) is 6. The van der Waals surface area contributed by atoms with Gasteiger partial charge in [-0.3, -0.25) is 4.79 Å². The van der Waals surface area contributed by atoms with Gasteiger partial charge in [-0.1, -0.05) is 17.7 Å². The van der Waals surface area contributed by atoms with Gasteiger partial charge in [-0.05, 0) is 52.7 Å². The minimum absolute atomic E-state index is 0.0304. The molecule has 1 aliphatic heterocycles. The van der Waals surface area contributed by atoms with Gasteiger partial charge in [0.2, 0.25) is 5.95 Å². The van der Waals surface area contributed by atoms with Crippen LogP contribution in [0, 0.1) is 11.3 Å². The predicted octanol–water partition coefficient (Wildman–Crippen LogP) is 2.67. The van der Waals surface area contributed by atoms with Crippen molar-refractivity contribution < 1.29 is 9.53 Å². The number of fused-ring (bicyclic) bond motifs is 1. The summed E-state index contributed by atoms with van der Waals surface area (Å²) < 4.78 is 6.87. The Hall–Kier alpha value is -4.31. The van der Waals surface area contributed by atoms with E-state index in [1.54, 1.807) is 45.9 Å². The lowest BCUT2D eigenvalue weighted by molar-refractivity contribution is 0.0495. The largest absolute Gasteiger partial charge is 0.444 e. The van der Waals surface area contributed by atoms with Crippen LogP contribution in [-0.4, -0.2) is 50.5 Å². The minimum atomic E-state index is -0.612. The van der Waals surface area contributed by atoms with E-state index in [0.717, 1.165) is 0 Å². The molecule has 4 rings (SSSR count). The molecular formula is C25H31ClN10O3. The zero-order valence-corrected chi connectivity index (χ0v) is 22.9. The standard InChI is InChI=1S/C25H31ClN10O3/c1-13(30-20-15(12-27)19(28)33-23(29)34-20)21-32-17-7-5-6-16(26)18(17)22(37)36(21)35-10-8-14(9-11-35)31-24(38)39-25(2,3)4/h5-7,13-14H,8-11H2,1-4H3,(H,31,38)(H5,28,29,30,33,34)/t13-/m0/s1. The van der Waals surface area contributed by atoms with Gasteiger partial charge in [0.25, 0.3) is 5.56 Å². The Morgan fingerprint density at radius 3 is 2.56 bits per heavy atom. The van der Waals surface area contributed by atoms with E-state index in [1.165, 1.54) is 4.68 Å². The third-order valence-electron chi connectivity index (χ3n) is 6.13. The fraction of sp³-hybridized carbons (Fsp3) is 0.440. The third kappa shape index (κ3) is 6.06. The molecule has 1 aliphatic rings. The maximum absolute atomic E-state index is 13.8. The van der Waals surface area contributed by atoms with E-state index in [2.05, 4.69) is 20.6 Å². The lowest BCUT2D eigenvalue weighted by Crippen LogP contribution is -2.53. The van der Waals surface area contributed by atoms with Crippen molar-refractivity contribution in [1.29, 1.82) is 5.26 Å². The molecule has 1 aromatic carbocycles. The average Bonchev–Trinajstić information content (AvgIpc) is 2.83. The van der Waals surface area contributed by atoms with Crippen molar-refractivity contribution in [2.24, 2.45) is 0 Å². The average molecular weight is 555 g/mol. The Kier molecular flexibility index (Phi) is 7.69. The monoisotopic (exact) mass is 554 g/mol. The van der Waals surface area contributed by atoms with Crippen molar-refractivity contribution in [3.8, 4) is 6.07 Å². The molecule has 0 saturated carbocycles. The van der Waals surface area contributed by atoms with E-state index < -0.39 is 17.7 Å². The Bertz CT molecular complexity index is 1500. The van der Waals surface area contributed by atoms with Crippen LogP contribution in [0.15, 0.2) is 23.0 Å². The second-order valence-corrected chi connectivity index (χ2v) is 10.7. The molecule has 0 bridgehead atoms. The molecule has 0 spiro atoms. The lowest BCUT2D eigenvalue weighted by atomic mass is 10.1. The Morgan fingerprint density at radius 1 is 1.23 bits per heavy atom. The summed E-state index contributed by atoms with van der Waals surface area (Å²) >= 11 is 6.41. The van der Waals surface area contributed by atoms with E-state index in [-0.39, 0.29) is 45.2 Å². The highest BCUT2D eigenvalue weighted by Gasteiger charge is 2.28. The van der Waals surface area contributed by atoms with Crippen LogP contribution in [-0.2, 0) is 4.74 Å². The zero-order chi connectivity index (χ0) is 28.5. The number of anilines is 3. The molecule has 206 valence electrons. The molecule has 0 radical (unpaired) electrons. The molecule has 0 aliphatic carbocycles. The fourth-order valence-electron chi connectivity index (χ4n) is 4.42. The topological polar surface area (TPSA) is 190 Å². The molecule has 1 fully saturated rings. The van der Waals surface area contributed by atoms with Crippen LogP contribution >= 0.6 is 11.6 Å². The number of amides is 1. The fourth-order valence-corrected chi connectivity index (χ4v) is 4.67. The minimum Gasteiger partial charge on any atom is -0.444 e. The first-order chi connectivity index (χ1) is 18.4. The van der Waals surface area contributed by atoms with Crippen LogP contribution in [0.5, 0.6) is 0 Å². The Labute approximate surface area is 230 Å². The van der Waals surface area contributed by atoms with E-state index in [1.807, 2.05) is 11.1 Å². The van der Waals surface area contributed by atoms with E-state index in [9.17, 15) is 14.9 Å². The van der Waals surface area contributed by atoms with Gasteiger partial charge in [0.15, 0.2) is 11.6 Å². The van der Waals surface area contributed by atoms with E-state index in [4.69, 9.17) is 32.8 Å². The number of alkyl carbamates (subject to hydrolysis) is 1. The number of nitrogens with two attached hydrogens (primary N) is 2. The first kappa shape index (κ1) is 27.7. The summed E-state index contributed by atoms with van der Waals surface area (Å²) in [6.07, 6.45) is 0.670. The van der Waals surface area contributed by atoms with E-state index >= 15 is 0 Å². The summed E-state index contributed by atoms with van der Waals surface area (Å²) in [7, 11) is 0. The molecule has 14 heteroatoms. The summed E-state index contributed by atoms with van der Waals surface area (Å²) in [6.45, 7) is 8.10. The van der Waals surface area contributed by atoms with Gasteiger partial charge in [-0.25, -0.2) is 14.5 Å². The molecule has 13 nitrogen and oxygen atoms in total. The Morgan fingerprint density at radius 2 is 1.92 bits per heavy atom. The number of hydrogen-bond donors (Lipinski definition) is 4. The number of nitriles is 1. The summed E-state index contributed by atoms with van der Waals surface area (Å²) in [5.41, 5.74) is 11.1. The molecule has 6 N–H and O–H groups in total. The van der Waals surface area contributed by atoms with Crippen molar-refractivity contribution in [3.63, 3.8) is 0 Å².